The molecule has 1 atom stereocenters. The molecule has 0 N–H and O–H groups in total. The van der Waals surface area contributed by atoms with Crippen LogP contribution < -0.4 is 4.74 Å². The van der Waals surface area contributed by atoms with Crippen molar-refractivity contribution in [2.45, 2.75) is 133 Å². The Morgan fingerprint density at radius 3 is 1.61 bits per heavy atom. The van der Waals surface area contributed by atoms with Gasteiger partial charge in [0, 0.05) is 0 Å². The Bertz CT molecular complexity index is 1020. The summed E-state index contributed by atoms with van der Waals surface area (Å²) in [6, 6.07) is 4.91. The normalized spacial score (nSPS) is 19.1. The van der Waals surface area contributed by atoms with Crippen LogP contribution in [-0.2, 0) is 38.3 Å². The molecule has 0 radical (unpaired) electrons. The monoisotopic (exact) mass is 630 g/mol. The molecule has 1 unspecified atom stereocenters. The van der Waals surface area contributed by atoms with Gasteiger partial charge in [-0.3, -0.25) is 0 Å². The van der Waals surface area contributed by atoms with Crippen LogP contribution >= 0.6 is 0 Å². The minimum atomic E-state index is -2.30. The summed E-state index contributed by atoms with van der Waals surface area (Å²) in [5.41, 5.74) is 6.01. The van der Waals surface area contributed by atoms with Crippen LogP contribution in [0.4, 0.5) is 0 Å². The van der Waals surface area contributed by atoms with Crippen LogP contribution in [0, 0.1) is 12.3 Å². The van der Waals surface area contributed by atoms with Crippen molar-refractivity contribution >= 4 is 16.1 Å². The molecule has 0 fully saturated rings. The van der Waals surface area contributed by atoms with Crippen molar-refractivity contribution in [2.24, 2.45) is 5.41 Å². The molecule has 0 saturated carbocycles. The molecule has 0 bridgehead atoms. The van der Waals surface area contributed by atoms with Crippen LogP contribution in [0.1, 0.15) is 84.9 Å². The molecule has 0 aromatic heterocycles. The molecule has 0 aliphatic heterocycles. The first kappa shape index (κ1) is 34.2. The minimum absolute atomic E-state index is 0.0315. The summed E-state index contributed by atoms with van der Waals surface area (Å²) < 4.78 is 9.76. The van der Waals surface area contributed by atoms with E-state index in [4.69, 9.17) is 4.74 Å². The van der Waals surface area contributed by atoms with E-state index >= 15 is 0 Å². The molecular weight excluding hydrogens is 569 g/mol. The summed E-state index contributed by atoms with van der Waals surface area (Å²) in [4.78, 5) is 0. The van der Waals surface area contributed by atoms with Gasteiger partial charge < -0.3 is 0 Å². The first-order valence-corrected chi connectivity index (χ1v) is 28.0. The van der Waals surface area contributed by atoms with Crippen LogP contribution in [0.25, 0.3) is 0 Å². The third-order valence-electron chi connectivity index (χ3n) is 8.99. The van der Waals surface area contributed by atoms with E-state index in [9.17, 15) is 0 Å². The Kier molecular flexibility index (Phi) is 10.6. The van der Waals surface area contributed by atoms with E-state index in [-0.39, 0.29) is 18.5 Å². The second kappa shape index (κ2) is 11.7. The van der Waals surface area contributed by atoms with Crippen LogP contribution in [-0.4, -0.2) is 23.3 Å². The molecule has 214 valence electrons. The zero-order chi connectivity index (χ0) is 29.5. The predicted octanol–water partition coefficient (Wildman–Crippen LogP) is 11.3. The zero-order valence-electron chi connectivity index (χ0n) is 28.2. The van der Waals surface area contributed by atoms with Gasteiger partial charge in [-0.05, 0) is 0 Å². The summed E-state index contributed by atoms with van der Waals surface area (Å²) in [7, 11) is -0.606. The van der Waals surface area contributed by atoms with Crippen molar-refractivity contribution in [3.8, 4) is 5.75 Å². The summed E-state index contributed by atoms with van der Waals surface area (Å²) in [5, 5.41) is 0. The van der Waals surface area contributed by atoms with Crippen LogP contribution in [0.2, 0.25) is 47.2 Å². The van der Waals surface area contributed by atoms with Crippen molar-refractivity contribution in [3.05, 3.63) is 52.6 Å². The van der Waals surface area contributed by atoms with Gasteiger partial charge in [-0.25, -0.2) is 0 Å². The van der Waals surface area contributed by atoms with E-state index in [1.165, 1.54) is 16.7 Å². The van der Waals surface area contributed by atoms with Gasteiger partial charge in [-0.15, -0.1) is 0 Å². The molecule has 0 saturated heterocycles. The Hall–Kier alpha value is 0.0377. The molecule has 0 spiro atoms. The molecule has 1 aliphatic carbocycles. The van der Waals surface area contributed by atoms with Crippen molar-refractivity contribution in [1.29, 1.82) is 0 Å². The summed E-state index contributed by atoms with van der Waals surface area (Å²) >= 11 is -2.30. The average molecular weight is 631 g/mol. The molecule has 1 aliphatic rings. The summed E-state index contributed by atoms with van der Waals surface area (Å²) in [6.07, 6.45) is 10.5. The van der Waals surface area contributed by atoms with E-state index in [2.05, 4.69) is 132 Å². The number of benzene rings is 1. The van der Waals surface area contributed by atoms with Gasteiger partial charge in [0.15, 0.2) is 0 Å². The second-order valence-corrected chi connectivity index (χ2v) is 39.6. The quantitative estimate of drug-likeness (QED) is 0.234. The molecule has 1 aromatic carbocycles. The predicted molar refractivity (Wildman–Crippen MR) is 174 cm³/mol. The number of hydrogen-bond acceptors (Lipinski definition) is 1. The number of hydrogen-bond donors (Lipinski definition) is 0. The summed E-state index contributed by atoms with van der Waals surface area (Å²) in [6.45, 7) is 37.3. The first-order valence-electron chi connectivity index (χ1n) is 15.2. The van der Waals surface area contributed by atoms with Crippen molar-refractivity contribution in [3.63, 3.8) is 0 Å². The summed E-state index contributed by atoms with van der Waals surface area (Å²) in [5.74, 6) is 1.16. The number of allylic oxidation sites excluding steroid dienone is 4. The van der Waals surface area contributed by atoms with E-state index in [1.54, 1.807) is 11.3 Å². The van der Waals surface area contributed by atoms with Gasteiger partial charge in [0.25, 0.3) is 0 Å². The van der Waals surface area contributed by atoms with Gasteiger partial charge in [0.05, 0.1) is 0 Å². The molecule has 0 amide bonds. The molecule has 2 rings (SSSR count). The topological polar surface area (TPSA) is 9.23 Å². The SMILES string of the molecule is CCC(CC)(c1cc(C)cc(C(C)(C)C)c1OC)[C]1([Y]([CH2][Si](C)(C)C)[CH2][Si](C)(C)C)C=CC(C(C)(C)C)=C1. The van der Waals surface area contributed by atoms with Crippen molar-refractivity contribution in [1.82, 2.24) is 0 Å². The number of ether oxygens (including phenoxy) is 1. The fourth-order valence-electron chi connectivity index (χ4n) is 7.26. The van der Waals surface area contributed by atoms with Crippen molar-refractivity contribution in [2.75, 3.05) is 7.11 Å². The molecule has 38 heavy (non-hydrogen) atoms. The van der Waals surface area contributed by atoms with Gasteiger partial charge >= 0.3 is 252 Å². The maximum atomic E-state index is 6.44. The number of methoxy groups -OCH3 is 1. The number of rotatable bonds is 10. The second-order valence-electron chi connectivity index (χ2n) is 16.8. The van der Waals surface area contributed by atoms with Gasteiger partial charge in [-0.2, -0.15) is 0 Å². The third kappa shape index (κ3) is 7.26. The Balaban J connectivity index is 3.12. The molecule has 1 aromatic rings. The van der Waals surface area contributed by atoms with Crippen LogP contribution in [0.5, 0.6) is 5.75 Å². The molecular formula is C34H61OSi2Y. The molecule has 4 heteroatoms. The van der Waals surface area contributed by atoms with E-state index in [1.807, 2.05) is 7.11 Å². The Labute approximate surface area is 250 Å². The van der Waals surface area contributed by atoms with Gasteiger partial charge in [0.2, 0.25) is 0 Å². The molecule has 0 heterocycles. The maximum absolute atomic E-state index is 6.44. The fraction of sp³-hybridized carbons (Fsp3) is 0.706. The van der Waals surface area contributed by atoms with E-state index in [0.717, 1.165) is 18.6 Å². The zero-order valence-corrected chi connectivity index (χ0v) is 33.0. The Morgan fingerprint density at radius 1 is 0.789 bits per heavy atom. The third-order valence-corrected chi connectivity index (χ3v) is 43.3. The average Bonchev–Trinajstić information content (AvgIpc) is 3.19. The number of aryl methyl sites for hydroxylation is 1. The van der Waals surface area contributed by atoms with Gasteiger partial charge in [-0.1, -0.05) is 0 Å². The van der Waals surface area contributed by atoms with Crippen LogP contribution in [0.3, 0.4) is 0 Å². The first-order chi connectivity index (χ1) is 17.1. The van der Waals surface area contributed by atoms with E-state index < -0.39 is 43.6 Å². The molecule has 1 nitrogen and oxygen atoms in total. The van der Waals surface area contributed by atoms with Crippen molar-refractivity contribution < 1.29 is 32.2 Å². The van der Waals surface area contributed by atoms with Gasteiger partial charge in [0.1, 0.15) is 0 Å². The Morgan fingerprint density at radius 2 is 1.26 bits per heavy atom. The fourth-order valence-corrected chi connectivity index (χ4v) is 46.7. The van der Waals surface area contributed by atoms with Crippen LogP contribution in [0.15, 0.2) is 35.9 Å². The standard InChI is InChI=1S/C26H39O.2C4H11Si.Y/c1-11-26(12-2,20-14-13-19(17-20)24(4,5)6)22-16-18(3)15-21(23(22)27-10)25(7,8)9;2*1-5(2,3)4;/h13-17H,11-12H2,1-10H3;2*1H2,2-4H3;. The van der Waals surface area contributed by atoms with E-state index in [0.29, 0.717) is 0 Å².